The molecule has 0 saturated carbocycles. The van der Waals surface area contributed by atoms with Gasteiger partial charge in [-0.1, -0.05) is 107 Å². The summed E-state index contributed by atoms with van der Waals surface area (Å²) in [6.07, 6.45) is 4.03. The molecule has 0 radical (unpaired) electrons. The van der Waals surface area contributed by atoms with Crippen LogP contribution in [0.15, 0.2) is 158 Å². The topological polar surface area (TPSA) is 43.3 Å². The molecule has 0 saturated heterocycles. The largest absolute Gasteiger partial charge is 0.310 e. The van der Waals surface area contributed by atoms with Crippen molar-refractivity contribution in [3.8, 4) is 22.8 Å². The average Bonchev–Trinajstić information content (AvgIpc) is 3.89. The van der Waals surface area contributed by atoms with E-state index in [-0.39, 0.29) is 0 Å². The van der Waals surface area contributed by atoms with E-state index in [0.717, 1.165) is 62.0 Å². The van der Waals surface area contributed by atoms with E-state index in [1.807, 2.05) is 12.3 Å². The lowest BCUT2D eigenvalue weighted by molar-refractivity contribution is 0.807. The molecule has 0 aliphatic heterocycles. The predicted octanol–water partition coefficient (Wildman–Crippen LogP) is 12.0. The van der Waals surface area contributed by atoms with Gasteiger partial charge in [-0.25, -0.2) is 9.97 Å². The Kier molecular flexibility index (Phi) is 7.73. The first-order chi connectivity index (χ1) is 25.5. The molecule has 254 valence electrons. The molecule has 9 rings (SSSR count). The van der Waals surface area contributed by atoms with E-state index in [4.69, 9.17) is 9.97 Å². The lowest BCUT2D eigenvalue weighted by atomic mass is 9.92. The third-order valence-corrected chi connectivity index (χ3v) is 10.1. The Bertz CT molecular complexity index is 2680. The van der Waals surface area contributed by atoms with E-state index in [9.17, 15) is 0 Å². The highest BCUT2D eigenvalue weighted by molar-refractivity contribution is 5.92. The maximum Gasteiger partial charge on any atom is 0.220 e. The van der Waals surface area contributed by atoms with Crippen molar-refractivity contribution in [2.45, 2.75) is 39.5 Å². The van der Waals surface area contributed by atoms with Gasteiger partial charge in [0.1, 0.15) is 5.82 Å². The molecular weight excluding hydrogens is 637 g/mol. The molecule has 9 aromatic rings. The predicted molar refractivity (Wildman–Crippen MR) is 215 cm³/mol. The maximum atomic E-state index is 5.13. The Balaban J connectivity index is 1.21. The number of fused-ring (bicyclic) bond motifs is 5. The molecule has 6 heteroatoms. The Hall–Kier alpha value is -6.40. The number of rotatable bonds is 8. The summed E-state index contributed by atoms with van der Waals surface area (Å²) in [6, 6.07) is 51.7. The monoisotopic (exact) mass is 676 g/mol. The van der Waals surface area contributed by atoms with Crippen LogP contribution in [-0.4, -0.2) is 23.5 Å². The zero-order valence-electron chi connectivity index (χ0n) is 29.8. The van der Waals surface area contributed by atoms with Crippen LogP contribution in [0.2, 0.25) is 0 Å². The van der Waals surface area contributed by atoms with Crippen molar-refractivity contribution in [1.82, 2.24) is 23.5 Å². The Labute approximate surface area is 303 Å². The van der Waals surface area contributed by atoms with Crippen molar-refractivity contribution in [2.24, 2.45) is 0 Å². The summed E-state index contributed by atoms with van der Waals surface area (Å²) in [5, 5.41) is 0. The van der Waals surface area contributed by atoms with Crippen LogP contribution in [0.25, 0.3) is 50.6 Å². The minimum atomic E-state index is 0.371. The van der Waals surface area contributed by atoms with Gasteiger partial charge >= 0.3 is 0 Å². The van der Waals surface area contributed by atoms with Crippen LogP contribution in [0.3, 0.4) is 0 Å². The van der Waals surface area contributed by atoms with Crippen LogP contribution >= 0.6 is 0 Å². The molecule has 0 atom stereocenters. The number of benzene rings is 6. The molecule has 0 aliphatic rings. The standard InChI is InChI=1S/C46H40N6/c1-31(2)38-21-14-22-39(32(3)4)44(38)49-28-27-47-45(49)33-15-12-18-35(29-33)50(34-16-6-5-7-17-34)36-19-13-20-37(30-36)51-42-25-10-11-26-43(42)52-41-24-9-8-23-40(41)48-46(51)52/h5-32H,1-4H3. The molecule has 0 fully saturated rings. The normalized spacial score (nSPS) is 11.8. The molecular formula is C46H40N6. The minimum absolute atomic E-state index is 0.371. The fraction of sp³-hybridized carbons (Fsp3) is 0.130. The van der Waals surface area contributed by atoms with E-state index in [2.05, 4.69) is 192 Å². The Morgan fingerprint density at radius 1 is 0.558 bits per heavy atom. The van der Waals surface area contributed by atoms with Crippen molar-refractivity contribution in [2.75, 3.05) is 4.90 Å². The van der Waals surface area contributed by atoms with Crippen LogP contribution in [0.5, 0.6) is 0 Å². The highest BCUT2D eigenvalue weighted by atomic mass is 15.2. The van der Waals surface area contributed by atoms with Crippen LogP contribution in [0, 0.1) is 0 Å². The van der Waals surface area contributed by atoms with Gasteiger partial charge < -0.3 is 4.90 Å². The van der Waals surface area contributed by atoms with E-state index in [0.29, 0.717) is 11.8 Å². The third-order valence-electron chi connectivity index (χ3n) is 10.1. The summed E-state index contributed by atoms with van der Waals surface area (Å²) < 4.78 is 6.82. The molecule has 6 nitrogen and oxygen atoms in total. The second-order valence-electron chi connectivity index (χ2n) is 14.0. The second-order valence-corrected chi connectivity index (χ2v) is 14.0. The number of imidazole rings is 3. The van der Waals surface area contributed by atoms with Crippen LogP contribution in [0.1, 0.15) is 50.7 Å². The van der Waals surface area contributed by atoms with Crippen LogP contribution < -0.4 is 4.90 Å². The lowest BCUT2D eigenvalue weighted by Crippen LogP contribution is -2.11. The number of para-hydroxylation sites is 6. The average molecular weight is 677 g/mol. The first-order valence-electron chi connectivity index (χ1n) is 18.1. The zero-order valence-corrected chi connectivity index (χ0v) is 29.8. The van der Waals surface area contributed by atoms with Gasteiger partial charge in [0, 0.05) is 35.0 Å². The fourth-order valence-electron chi connectivity index (χ4n) is 7.67. The SMILES string of the molecule is CC(C)c1cccc(C(C)C)c1-n1ccnc1-c1cccc(N(c2ccccc2)c2cccc(-n3c4ccccc4n4c5ccccc5nc34)c2)c1. The minimum Gasteiger partial charge on any atom is -0.310 e. The number of nitrogens with zero attached hydrogens (tertiary/aromatic N) is 6. The van der Waals surface area contributed by atoms with Gasteiger partial charge in [0.15, 0.2) is 0 Å². The first kappa shape index (κ1) is 31.6. The molecule has 0 bridgehead atoms. The Morgan fingerprint density at radius 3 is 1.92 bits per heavy atom. The summed E-state index contributed by atoms with van der Waals surface area (Å²) in [5.41, 5.74) is 13.4. The van der Waals surface area contributed by atoms with Gasteiger partial charge in [-0.05, 0) is 89.7 Å². The fourth-order valence-corrected chi connectivity index (χ4v) is 7.67. The highest BCUT2D eigenvalue weighted by Gasteiger charge is 2.21. The number of hydrogen-bond acceptors (Lipinski definition) is 3. The van der Waals surface area contributed by atoms with E-state index in [1.54, 1.807) is 0 Å². The summed E-state index contributed by atoms with van der Waals surface area (Å²) >= 11 is 0. The molecule has 52 heavy (non-hydrogen) atoms. The number of anilines is 3. The molecule has 0 amide bonds. The van der Waals surface area contributed by atoms with Crippen LogP contribution in [-0.2, 0) is 0 Å². The van der Waals surface area contributed by atoms with Crippen molar-refractivity contribution >= 4 is 44.9 Å². The molecule has 0 aliphatic carbocycles. The summed E-state index contributed by atoms with van der Waals surface area (Å²) in [6.45, 7) is 9.07. The van der Waals surface area contributed by atoms with Crippen molar-refractivity contribution < 1.29 is 0 Å². The van der Waals surface area contributed by atoms with Gasteiger partial charge in [-0.15, -0.1) is 0 Å². The maximum absolute atomic E-state index is 5.13. The summed E-state index contributed by atoms with van der Waals surface area (Å²) in [7, 11) is 0. The number of hydrogen-bond donors (Lipinski definition) is 0. The summed E-state index contributed by atoms with van der Waals surface area (Å²) in [4.78, 5) is 12.4. The zero-order chi connectivity index (χ0) is 35.3. The van der Waals surface area contributed by atoms with Gasteiger partial charge in [0.2, 0.25) is 5.78 Å². The van der Waals surface area contributed by atoms with Gasteiger partial charge in [-0.2, -0.15) is 0 Å². The molecule has 0 unspecified atom stereocenters. The van der Waals surface area contributed by atoms with Gasteiger partial charge in [0.05, 0.1) is 33.4 Å². The van der Waals surface area contributed by atoms with Gasteiger partial charge in [-0.3, -0.25) is 13.5 Å². The second kappa shape index (κ2) is 12.7. The highest BCUT2D eigenvalue weighted by Crippen LogP contribution is 2.39. The van der Waals surface area contributed by atoms with Crippen molar-refractivity contribution in [1.29, 1.82) is 0 Å². The smallest absolute Gasteiger partial charge is 0.220 e. The molecule has 0 spiro atoms. The Morgan fingerprint density at radius 2 is 1.17 bits per heavy atom. The van der Waals surface area contributed by atoms with E-state index < -0.39 is 0 Å². The summed E-state index contributed by atoms with van der Waals surface area (Å²) in [5.74, 6) is 2.55. The number of aromatic nitrogens is 5. The first-order valence-corrected chi connectivity index (χ1v) is 18.1. The van der Waals surface area contributed by atoms with Crippen molar-refractivity contribution in [3.05, 3.63) is 169 Å². The van der Waals surface area contributed by atoms with E-state index >= 15 is 0 Å². The molecule has 3 aromatic heterocycles. The van der Waals surface area contributed by atoms with Gasteiger partial charge in [0.25, 0.3) is 0 Å². The molecule has 6 aromatic carbocycles. The molecule has 0 N–H and O–H groups in total. The molecule has 3 heterocycles. The third kappa shape index (κ3) is 5.18. The quantitative estimate of drug-likeness (QED) is 0.161. The van der Waals surface area contributed by atoms with Crippen LogP contribution in [0.4, 0.5) is 17.1 Å². The lowest BCUT2D eigenvalue weighted by Gasteiger charge is -2.27. The van der Waals surface area contributed by atoms with E-state index in [1.165, 1.54) is 16.8 Å². The van der Waals surface area contributed by atoms with Crippen molar-refractivity contribution in [3.63, 3.8) is 0 Å².